The Bertz CT molecular complexity index is 376. The molecule has 0 saturated heterocycles. The van der Waals surface area contributed by atoms with E-state index in [-0.39, 0.29) is 12.5 Å². The number of ether oxygens (including phenoxy) is 1. The van der Waals surface area contributed by atoms with Crippen LogP contribution in [0.15, 0.2) is 18.2 Å². The molecule has 1 amide bonds. The molecular formula is C13H17Cl2NO2. The van der Waals surface area contributed by atoms with Gasteiger partial charge in [0.2, 0.25) is 0 Å². The molecule has 0 aromatic heterocycles. The number of amides is 1. The van der Waals surface area contributed by atoms with E-state index in [1.807, 2.05) is 0 Å². The lowest BCUT2D eigenvalue weighted by molar-refractivity contribution is -0.123. The van der Waals surface area contributed by atoms with Crippen LogP contribution in [0.5, 0.6) is 5.75 Å². The molecule has 0 saturated carbocycles. The zero-order valence-corrected chi connectivity index (χ0v) is 11.9. The van der Waals surface area contributed by atoms with Gasteiger partial charge >= 0.3 is 0 Å². The Balaban J connectivity index is 2.34. The van der Waals surface area contributed by atoms with Crippen LogP contribution in [0.1, 0.15) is 26.2 Å². The maximum atomic E-state index is 11.5. The average Bonchev–Trinajstić information content (AvgIpc) is 2.34. The minimum absolute atomic E-state index is 0.0738. The third kappa shape index (κ3) is 5.15. The summed E-state index contributed by atoms with van der Waals surface area (Å²) in [4.78, 5) is 11.5. The number of nitrogens with one attached hydrogen (secondary N) is 1. The van der Waals surface area contributed by atoms with E-state index in [0.717, 1.165) is 19.3 Å². The second-order valence-corrected chi connectivity index (χ2v) is 4.71. The third-order valence-electron chi connectivity index (χ3n) is 2.37. The van der Waals surface area contributed by atoms with Crippen molar-refractivity contribution in [3.8, 4) is 5.75 Å². The van der Waals surface area contributed by atoms with Crippen LogP contribution < -0.4 is 10.1 Å². The highest BCUT2D eigenvalue weighted by Crippen LogP contribution is 2.32. The summed E-state index contributed by atoms with van der Waals surface area (Å²) in [6.45, 7) is 2.71. The highest BCUT2D eigenvalue weighted by Gasteiger charge is 2.08. The molecule has 0 radical (unpaired) electrons. The Hall–Kier alpha value is -0.930. The Morgan fingerprint density at radius 3 is 2.56 bits per heavy atom. The summed E-state index contributed by atoms with van der Waals surface area (Å²) in [6.07, 6.45) is 3.22. The summed E-state index contributed by atoms with van der Waals surface area (Å²) < 4.78 is 5.31. The summed E-state index contributed by atoms with van der Waals surface area (Å²) >= 11 is 11.8. The smallest absolute Gasteiger partial charge is 0.257 e. The van der Waals surface area contributed by atoms with E-state index < -0.39 is 0 Å². The van der Waals surface area contributed by atoms with Crippen molar-refractivity contribution < 1.29 is 9.53 Å². The van der Waals surface area contributed by atoms with E-state index in [2.05, 4.69) is 12.2 Å². The van der Waals surface area contributed by atoms with Crippen molar-refractivity contribution in [2.45, 2.75) is 26.2 Å². The molecule has 0 aliphatic heterocycles. The van der Waals surface area contributed by atoms with Gasteiger partial charge < -0.3 is 10.1 Å². The summed E-state index contributed by atoms with van der Waals surface area (Å²) in [7, 11) is 0. The van der Waals surface area contributed by atoms with Gasteiger partial charge in [-0.05, 0) is 18.6 Å². The lowest BCUT2D eigenvalue weighted by Gasteiger charge is -2.09. The number of carbonyl (C=O) groups is 1. The fourth-order valence-corrected chi connectivity index (χ4v) is 1.92. The van der Waals surface area contributed by atoms with Gasteiger partial charge in [0.05, 0.1) is 10.0 Å². The minimum Gasteiger partial charge on any atom is -0.481 e. The SMILES string of the molecule is CCCCCNC(=O)COc1c(Cl)cccc1Cl. The van der Waals surface area contributed by atoms with E-state index >= 15 is 0 Å². The Morgan fingerprint density at radius 2 is 1.94 bits per heavy atom. The highest BCUT2D eigenvalue weighted by molar-refractivity contribution is 6.37. The number of unbranched alkanes of at least 4 members (excludes halogenated alkanes) is 2. The van der Waals surface area contributed by atoms with Crippen molar-refractivity contribution in [3.63, 3.8) is 0 Å². The molecule has 1 N–H and O–H groups in total. The first kappa shape index (κ1) is 15.1. The summed E-state index contributed by atoms with van der Waals surface area (Å²) in [5.41, 5.74) is 0. The fourth-order valence-electron chi connectivity index (χ4n) is 1.41. The van der Waals surface area contributed by atoms with Crippen molar-refractivity contribution in [2.24, 2.45) is 0 Å². The summed E-state index contributed by atoms with van der Waals surface area (Å²) in [6, 6.07) is 5.06. The van der Waals surface area contributed by atoms with Crippen LogP contribution in [0, 0.1) is 0 Å². The van der Waals surface area contributed by atoms with E-state index in [1.165, 1.54) is 0 Å². The van der Waals surface area contributed by atoms with Gasteiger partial charge in [0.15, 0.2) is 12.4 Å². The first-order valence-corrected chi connectivity index (χ1v) is 6.74. The molecule has 18 heavy (non-hydrogen) atoms. The molecule has 100 valence electrons. The molecular weight excluding hydrogens is 273 g/mol. The number of hydrogen-bond donors (Lipinski definition) is 1. The van der Waals surface area contributed by atoms with Crippen molar-refractivity contribution in [2.75, 3.05) is 13.2 Å². The van der Waals surface area contributed by atoms with Crippen LogP contribution in [0.3, 0.4) is 0 Å². The first-order chi connectivity index (χ1) is 8.65. The predicted octanol–water partition coefficient (Wildman–Crippen LogP) is 3.68. The van der Waals surface area contributed by atoms with Gasteiger partial charge in [0.1, 0.15) is 0 Å². The molecule has 0 fully saturated rings. The molecule has 0 aliphatic carbocycles. The standard InChI is InChI=1S/C13H17Cl2NO2/c1-2-3-4-8-16-12(17)9-18-13-10(14)6-5-7-11(13)15/h5-7H,2-4,8-9H2,1H3,(H,16,17). The Labute approximate surface area is 117 Å². The maximum absolute atomic E-state index is 11.5. The topological polar surface area (TPSA) is 38.3 Å². The lowest BCUT2D eigenvalue weighted by Crippen LogP contribution is -2.29. The van der Waals surface area contributed by atoms with E-state index in [1.54, 1.807) is 18.2 Å². The molecule has 0 atom stereocenters. The first-order valence-electron chi connectivity index (χ1n) is 5.98. The van der Waals surface area contributed by atoms with Crippen molar-refractivity contribution in [1.29, 1.82) is 0 Å². The number of rotatable bonds is 7. The van der Waals surface area contributed by atoms with Crippen LogP contribution in [0.25, 0.3) is 0 Å². The van der Waals surface area contributed by atoms with Gasteiger partial charge in [-0.1, -0.05) is 49.0 Å². The molecule has 3 nitrogen and oxygen atoms in total. The normalized spacial score (nSPS) is 10.2. The predicted molar refractivity (Wildman–Crippen MR) is 74.5 cm³/mol. The van der Waals surface area contributed by atoms with Gasteiger partial charge in [0, 0.05) is 6.54 Å². The molecule has 0 unspecified atom stereocenters. The van der Waals surface area contributed by atoms with Crippen LogP contribution >= 0.6 is 23.2 Å². The van der Waals surface area contributed by atoms with Crippen LogP contribution in [-0.4, -0.2) is 19.1 Å². The lowest BCUT2D eigenvalue weighted by atomic mass is 10.2. The van der Waals surface area contributed by atoms with Crippen LogP contribution in [0.2, 0.25) is 10.0 Å². The van der Waals surface area contributed by atoms with Crippen LogP contribution in [0.4, 0.5) is 0 Å². The largest absolute Gasteiger partial charge is 0.481 e. The quantitative estimate of drug-likeness (QED) is 0.778. The van der Waals surface area contributed by atoms with Gasteiger partial charge in [-0.3, -0.25) is 4.79 Å². The average molecular weight is 290 g/mol. The van der Waals surface area contributed by atoms with Crippen molar-refractivity contribution in [1.82, 2.24) is 5.32 Å². The van der Waals surface area contributed by atoms with Crippen LogP contribution in [-0.2, 0) is 4.79 Å². The molecule has 0 spiro atoms. The number of benzene rings is 1. The minimum atomic E-state index is -0.165. The maximum Gasteiger partial charge on any atom is 0.257 e. The summed E-state index contributed by atoms with van der Waals surface area (Å²) in [5.74, 6) is 0.187. The molecule has 1 rings (SSSR count). The molecule has 0 heterocycles. The molecule has 0 aliphatic rings. The number of halogens is 2. The molecule has 5 heteroatoms. The van der Waals surface area contributed by atoms with E-state index in [0.29, 0.717) is 22.3 Å². The second kappa shape index (κ2) is 8.22. The van der Waals surface area contributed by atoms with Crippen molar-refractivity contribution >= 4 is 29.1 Å². The van der Waals surface area contributed by atoms with Gasteiger partial charge in [-0.25, -0.2) is 0 Å². The van der Waals surface area contributed by atoms with Gasteiger partial charge in [0.25, 0.3) is 5.91 Å². The second-order valence-electron chi connectivity index (χ2n) is 3.90. The number of carbonyl (C=O) groups excluding carboxylic acids is 1. The Kier molecular flexibility index (Phi) is 6.91. The highest BCUT2D eigenvalue weighted by atomic mass is 35.5. The number of hydrogen-bond acceptors (Lipinski definition) is 2. The Morgan fingerprint density at radius 1 is 1.28 bits per heavy atom. The summed E-state index contributed by atoms with van der Waals surface area (Å²) in [5, 5.41) is 3.58. The zero-order chi connectivity index (χ0) is 13.4. The molecule has 1 aromatic carbocycles. The van der Waals surface area contributed by atoms with Crippen molar-refractivity contribution in [3.05, 3.63) is 28.2 Å². The molecule has 1 aromatic rings. The van der Waals surface area contributed by atoms with E-state index in [4.69, 9.17) is 27.9 Å². The number of para-hydroxylation sites is 1. The monoisotopic (exact) mass is 289 g/mol. The third-order valence-corrected chi connectivity index (χ3v) is 2.96. The zero-order valence-electron chi connectivity index (χ0n) is 10.3. The molecule has 0 bridgehead atoms. The van der Waals surface area contributed by atoms with Gasteiger partial charge in [-0.2, -0.15) is 0 Å². The van der Waals surface area contributed by atoms with E-state index in [9.17, 15) is 4.79 Å². The van der Waals surface area contributed by atoms with Gasteiger partial charge in [-0.15, -0.1) is 0 Å². The fraction of sp³-hybridized carbons (Fsp3) is 0.462.